The van der Waals surface area contributed by atoms with Gasteiger partial charge in [0.25, 0.3) is 5.91 Å². The number of unbranched alkanes of at least 4 members (excludes halogenated alkanes) is 2. The van der Waals surface area contributed by atoms with Crippen LogP contribution in [-0.2, 0) is 0 Å². The number of aromatic amines is 1. The number of amides is 1. The topological polar surface area (TPSA) is 97.2 Å². The van der Waals surface area contributed by atoms with E-state index in [2.05, 4.69) is 26.9 Å². The third-order valence-electron chi connectivity index (χ3n) is 3.97. The number of nitrogens with zero attached hydrogens (tertiary/aromatic N) is 1. The lowest BCUT2D eigenvalue weighted by molar-refractivity contribution is 0.102. The van der Waals surface area contributed by atoms with Gasteiger partial charge in [-0.25, -0.2) is 4.79 Å². The maximum Gasteiger partial charge on any atom is 0.439 e. The van der Waals surface area contributed by atoms with E-state index in [4.69, 9.17) is 4.74 Å². The lowest BCUT2D eigenvalue weighted by Gasteiger charge is -2.08. The number of nitrogens with one attached hydrogen (secondary N) is 2. The zero-order chi connectivity index (χ0) is 19.1. The van der Waals surface area contributed by atoms with E-state index < -0.39 is 5.76 Å². The van der Waals surface area contributed by atoms with Crippen molar-refractivity contribution in [3.63, 3.8) is 0 Å². The molecule has 1 aromatic heterocycles. The molecule has 0 spiro atoms. The molecule has 140 valence electrons. The average Bonchev–Trinajstić information content (AvgIpc) is 3.12. The van der Waals surface area contributed by atoms with E-state index >= 15 is 0 Å². The van der Waals surface area contributed by atoms with Crippen molar-refractivity contribution in [3.8, 4) is 17.1 Å². The molecule has 0 unspecified atom stereocenters. The fourth-order valence-corrected chi connectivity index (χ4v) is 2.55. The SMILES string of the molecule is CCCCCOc1ccc(C(=O)Nc2cccc(-c3noc(=O)[nH]3)c2)cc1. The highest BCUT2D eigenvalue weighted by Gasteiger charge is 2.09. The maximum absolute atomic E-state index is 12.4. The molecule has 0 radical (unpaired) electrons. The van der Waals surface area contributed by atoms with Crippen LogP contribution in [0.3, 0.4) is 0 Å². The molecule has 0 fully saturated rings. The Balaban J connectivity index is 1.62. The molecule has 0 bridgehead atoms. The Bertz CT molecular complexity index is 944. The van der Waals surface area contributed by atoms with Crippen LogP contribution in [0.2, 0.25) is 0 Å². The predicted octanol–water partition coefficient (Wildman–Crippen LogP) is 3.85. The van der Waals surface area contributed by atoms with Crippen LogP contribution in [0, 0.1) is 0 Å². The second-order valence-corrected chi connectivity index (χ2v) is 6.06. The fourth-order valence-electron chi connectivity index (χ4n) is 2.55. The van der Waals surface area contributed by atoms with Gasteiger partial charge < -0.3 is 10.1 Å². The first kappa shape index (κ1) is 18.4. The normalized spacial score (nSPS) is 10.6. The number of hydrogen-bond donors (Lipinski definition) is 2. The zero-order valence-corrected chi connectivity index (χ0v) is 15.0. The van der Waals surface area contributed by atoms with Crippen molar-refractivity contribution < 1.29 is 14.1 Å². The summed E-state index contributed by atoms with van der Waals surface area (Å²) in [7, 11) is 0. The Hall–Kier alpha value is -3.35. The second-order valence-electron chi connectivity index (χ2n) is 6.06. The van der Waals surface area contributed by atoms with Crippen LogP contribution in [0.5, 0.6) is 5.75 Å². The van der Waals surface area contributed by atoms with Crippen molar-refractivity contribution in [1.29, 1.82) is 0 Å². The van der Waals surface area contributed by atoms with Gasteiger partial charge in [0, 0.05) is 16.8 Å². The highest BCUT2D eigenvalue weighted by atomic mass is 16.5. The minimum Gasteiger partial charge on any atom is -0.494 e. The zero-order valence-electron chi connectivity index (χ0n) is 15.0. The van der Waals surface area contributed by atoms with E-state index in [1.807, 2.05) is 0 Å². The van der Waals surface area contributed by atoms with E-state index in [1.54, 1.807) is 48.5 Å². The first-order valence-corrected chi connectivity index (χ1v) is 8.86. The fraction of sp³-hybridized carbons (Fsp3) is 0.250. The number of ether oxygens (including phenoxy) is 1. The van der Waals surface area contributed by atoms with Gasteiger partial charge in [-0.05, 0) is 42.8 Å². The van der Waals surface area contributed by atoms with Gasteiger partial charge in [-0.1, -0.05) is 37.1 Å². The second kappa shape index (κ2) is 8.84. The molecular weight excluding hydrogens is 346 g/mol. The molecule has 0 aliphatic rings. The van der Waals surface area contributed by atoms with Crippen molar-refractivity contribution in [2.45, 2.75) is 26.2 Å². The predicted molar refractivity (Wildman–Crippen MR) is 102 cm³/mol. The number of anilines is 1. The van der Waals surface area contributed by atoms with E-state index in [0.29, 0.717) is 29.2 Å². The summed E-state index contributed by atoms with van der Waals surface area (Å²) in [5.74, 6) is 0.190. The summed E-state index contributed by atoms with van der Waals surface area (Å²) in [5, 5.41) is 6.46. The van der Waals surface area contributed by atoms with Crippen LogP contribution < -0.4 is 15.8 Å². The average molecular weight is 367 g/mol. The van der Waals surface area contributed by atoms with Crippen LogP contribution in [0.4, 0.5) is 5.69 Å². The van der Waals surface area contributed by atoms with Crippen LogP contribution in [0.1, 0.15) is 36.5 Å². The van der Waals surface area contributed by atoms with Gasteiger partial charge in [0.2, 0.25) is 0 Å². The Morgan fingerprint density at radius 3 is 2.70 bits per heavy atom. The summed E-state index contributed by atoms with van der Waals surface area (Å²) in [4.78, 5) is 26.0. The number of hydrogen-bond acceptors (Lipinski definition) is 5. The van der Waals surface area contributed by atoms with Crippen LogP contribution in [-0.4, -0.2) is 22.7 Å². The molecule has 2 N–H and O–H groups in total. The molecule has 3 rings (SSSR count). The molecule has 0 saturated heterocycles. The molecular formula is C20H21N3O4. The number of H-pyrrole nitrogens is 1. The highest BCUT2D eigenvalue weighted by Crippen LogP contribution is 2.20. The first-order chi connectivity index (χ1) is 13.2. The molecule has 1 heterocycles. The summed E-state index contributed by atoms with van der Waals surface area (Å²) >= 11 is 0. The van der Waals surface area contributed by atoms with Gasteiger partial charge >= 0.3 is 5.76 Å². The molecule has 7 nitrogen and oxygen atoms in total. The molecule has 27 heavy (non-hydrogen) atoms. The molecule has 0 aliphatic carbocycles. The van der Waals surface area contributed by atoms with Crippen molar-refractivity contribution in [1.82, 2.24) is 10.1 Å². The van der Waals surface area contributed by atoms with Gasteiger partial charge in [0.05, 0.1) is 6.61 Å². The Kier molecular flexibility index (Phi) is 6.04. The smallest absolute Gasteiger partial charge is 0.439 e. The van der Waals surface area contributed by atoms with Crippen molar-refractivity contribution >= 4 is 11.6 Å². The Labute approximate surface area is 156 Å². The molecule has 7 heteroatoms. The van der Waals surface area contributed by atoms with Gasteiger partial charge in [-0.3, -0.25) is 14.3 Å². The summed E-state index contributed by atoms with van der Waals surface area (Å²) in [6, 6.07) is 14.0. The molecule has 0 atom stereocenters. The standard InChI is InChI=1S/C20H21N3O4/c1-2-3-4-12-26-17-10-8-14(9-11-17)19(24)21-16-7-5-6-15(13-16)18-22-20(25)27-23-18/h5-11,13H,2-4,12H2,1H3,(H,21,24)(H,22,23,25). The van der Waals surface area contributed by atoms with E-state index in [1.165, 1.54) is 0 Å². The van der Waals surface area contributed by atoms with Crippen molar-refractivity contribution in [3.05, 3.63) is 64.6 Å². The lowest BCUT2D eigenvalue weighted by Crippen LogP contribution is -2.11. The number of rotatable bonds is 8. The van der Waals surface area contributed by atoms with Gasteiger partial charge in [-0.2, -0.15) is 0 Å². The Morgan fingerprint density at radius 2 is 2.00 bits per heavy atom. The highest BCUT2D eigenvalue weighted by molar-refractivity contribution is 6.04. The maximum atomic E-state index is 12.4. The van der Waals surface area contributed by atoms with E-state index in [0.717, 1.165) is 25.0 Å². The summed E-state index contributed by atoms with van der Waals surface area (Å²) in [6.07, 6.45) is 3.31. The minimum atomic E-state index is -0.628. The number of benzene rings is 2. The summed E-state index contributed by atoms with van der Waals surface area (Å²) < 4.78 is 10.2. The monoisotopic (exact) mass is 367 g/mol. The minimum absolute atomic E-state index is 0.238. The summed E-state index contributed by atoms with van der Waals surface area (Å²) in [5.41, 5.74) is 1.74. The van der Waals surface area contributed by atoms with Crippen molar-refractivity contribution in [2.75, 3.05) is 11.9 Å². The first-order valence-electron chi connectivity index (χ1n) is 8.86. The third-order valence-corrected chi connectivity index (χ3v) is 3.97. The van der Waals surface area contributed by atoms with Gasteiger partial charge in [0.15, 0.2) is 5.82 Å². The van der Waals surface area contributed by atoms with Crippen LogP contribution in [0.15, 0.2) is 57.8 Å². The molecule has 2 aromatic carbocycles. The number of aromatic nitrogens is 2. The van der Waals surface area contributed by atoms with E-state index in [-0.39, 0.29) is 5.91 Å². The van der Waals surface area contributed by atoms with Gasteiger partial charge in [-0.15, -0.1) is 0 Å². The molecule has 0 aliphatic heterocycles. The van der Waals surface area contributed by atoms with Crippen LogP contribution in [0.25, 0.3) is 11.4 Å². The number of carbonyl (C=O) groups excluding carboxylic acids is 1. The van der Waals surface area contributed by atoms with Crippen molar-refractivity contribution in [2.24, 2.45) is 0 Å². The van der Waals surface area contributed by atoms with Gasteiger partial charge in [0.1, 0.15) is 5.75 Å². The number of carbonyl (C=O) groups is 1. The van der Waals surface area contributed by atoms with E-state index in [9.17, 15) is 9.59 Å². The summed E-state index contributed by atoms with van der Waals surface area (Å²) in [6.45, 7) is 2.82. The largest absolute Gasteiger partial charge is 0.494 e. The molecule has 1 amide bonds. The van der Waals surface area contributed by atoms with Crippen LogP contribution >= 0.6 is 0 Å². The lowest BCUT2D eigenvalue weighted by atomic mass is 10.1. The Morgan fingerprint density at radius 1 is 1.19 bits per heavy atom. The quantitative estimate of drug-likeness (QED) is 0.589. The molecule has 3 aromatic rings. The molecule has 0 saturated carbocycles. The third kappa shape index (κ3) is 5.07.